The van der Waals surface area contributed by atoms with E-state index in [9.17, 15) is 9.59 Å². The number of carboxylic acids is 1. The summed E-state index contributed by atoms with van der Waals surface area (Å²) in [5.41, 5.74) is 0.489. The molecular formula is C13H20N4O4. The van der Waals surface area contributed by atoms with Crippen LogP contribution in [0.3, 0.4) is 0 Å². The van der Waals surface area contributed by atoms with E-state index in [4.69, 9.17) is 9.84 Å². The Morgan fingerprint density at radius 2 is 2.24 bits per heavy atom. The largest absolute Gasteiger partial charge is 0.480 e. The van der Waals surface area contributed by atoms with Crippen LogP contribution in [0.15, 0.2) is 12.4 Å². The zero-order valence-electron chi connectivity index (χ0n) is 11.7. The molecule has 0 saturated carbocycles. The number of hydrogen-bond acceptors (Lipinski definition) is 5. The maximum atomic E-state index is 11.7. The van der Waals surface area contributed by atoms with Crippen LogP contribution in [0, 0.1) is 0 Å². The van der Waals surface area contributed by atoms with Crippen LogP contribution in [0.4, 0.5) is 5.69 Å². The minimum absolute atomic E-state index is 0.168. The summed E-state index contributed by atoms with van der Waals surface area (Å²) in [5, 5.41) is 18.4. The number of carboxylic acid groups (broad SMARTS) is 1. The molecule has 8 nitrogen and oxygen atoms in total. The third-order valence-electron chi connectivity index (χ3n) is 3.18. The third kappa shape index (κ3) is 5.52. The molecule has 8 heteroatoms. The molecule has 1 aromatic rings. The third-order valence-corrected chi connectivity index (χ3v) is 3.18. The van der Waals surface area contributed by atoms with Crippen molar-refractivity contribution in [2.45, 2.75) is 31.9 Å². The highest BCUT2D eigenvalue weighted by atomic mass is 16.5. The Balaban J connectivity index is 1.66. The van der Waals surface area contributed by atoms with Gasteiger partial charge in [0, 0.05) is 6.20 Å². The van der Waals surface area contributed by atoms with E-state index < -0.39 is 5.97 Å². The van der Waals surface area contributed by atoms with Gasteiger partial charge >= 0.3 is 5.97 Å². The highest BCUT2D eigenvalue weighted by molar-refractivity contribution is 5.90. The van der Waals surface area contributed by atoms with Gasteiger partial charge in [-0.2, -0.15) is 5.10 Å². The normalized spacial score (nSPS) is 15.8. The number of ether oxygens (including phenoxy) is 1. The van der Waals surface area contributed by atoms with Crippen molar-refractivity contribution in [3.05, 3.63) is 12.4 Å². The smallest absolute Gasteiger partial charge is 0.325 e. The summed E-state index contributed by atoms with van der Waals surface area (Å²) in [7, 11) is 0. The van der Waals surface area contributed by atoms with E-state index in [1.54, 1.807) is 0 Å². The molecule has 0 aromatic carbocycles. The van der Waals surface area contributed by atoms with Crippen molar-refractivity contribution in [2.24, 2.45) is 0 Å². The number of aromatic nitrogens is 2. The molecule has 0 bridgehead atoms. The van der Waals surface area contributed by atoms with Crippen LogP contribution in [0.25, 0.3) is 0 Å². The first-order valence-electron chi connectivity index (χ1n) is 7.00. The van der Waals surface area contributed by atoms with Gasteiger partial charge in [0.1, 0.15) is 6.54 Å². The lowest BCUT2D eigenvalue weighted by Crippen LogP contribution is -2.33. The van der Waals surface area contributed by atoms with Crippen molar-refractivity contribution in [3.8, 4) is 0 Å². The maximum Gasteiger partial charge on any atom is 0.325 e. The Kier molecular flexibility index (Phi) is 5.70. The minimum Gasteiger partial charge on any atom is -0.480 e. The van der Waals surface area contributed by atoms with Gasteiger partial charge in [-0.15, -0.1) is 0 Å². The Labute approximate surface area is 122 Å². The highest BCUT2D eigenvalue weighted by Crippen LogP contribution is 2.09. The lowest BCUT2D eigenvalue weighted by Gasteiger charge is -2.22. The predicted octanol–water partition coefficient (Wildman–Crippen LogP) is 0.0649. The molecule has 1 aromatic heterocycles. The van der Waals surface area contributed by atoms with E-state index in [1.165, 1.54) is 17.1 Å². The van der Waals surface area contributed by atoms with Crippen molar-refractivity contribution in [1.29, 1.82) is 0 Å². The van der Waals surface area contributed by atoms with Crippen LogP contribution in [0.1, 0.15) is 19.3 Å². The number of rotatable bonds is 7. The van der Waals surface area contributed by atoms with E-state index >= 15 is 0 Å². The average Bonchev–Trinajstić information content (AvgIpc) is 2.86. The van der Waals surface area contributed by atoms with Gasteiger partial charge in [-0.05, 0) is 25.9 Å². The Hall–Kier alpha value is -1.93. The van der Waals surface area contributed by atoms with Gasteiger partial charge in [-0.1, -0.05) is 0 Å². The summed E-state index contributed by atoms with van der Waals surface area (Å²) in [4.78, 5) is 22.3. The number of nitrogens with zero attached hydrogens (tertiary/aromatic N) is 2. The first kappa shape index (κ1) is 15.5. The fourth-order valence-electron chi connectivity index (χ4n) is 2.16. The number of piperidine rings is 1. The van der Waals surface area contributed by atoms with Gasteiger partial charge in [0.25, 0.3) is 0 Å². The Morgan fingerprint density at radius 3 is 2.95 bits per heavy atom. The van der Waals surface area contributed by atoms with Gasteiger partial charge in [0.05, 0.1) is 31.0 Å². The summed E-state index contributed by atoms with van der Waals surface area (Å²) in [6.07, 6.45) is 5.37. The number of anilines is 1. The molecule has 0 radical (unpaired) electrons. The molecule has 0 atom stereocenters. The van der Waals surface area contributed by atoms with Crippen LogP contribution >= 0.6 is 0 Å². The first-order valence-corrected chi connectivity index (χ1v) is 7.00. The molecule has 1 amide bonds. The van der Waals surface area contributed by atoms with Gasteiger partial charge in [0.15, 0.2) is 0 Å². The number of nitrogens with one attached hydrogen (secondary N) is 2. The van der Waals surface area contributed by atoms with E-state index in [2.05, 4.69) is 15.7 Å². The first-order chi connectivity index (χ1) is 10.1. The second-order valence-electron chi connectivity index (χ2n) is 4.94. The molecule has 0 spiro atoms. The molecular weight excluding hydrogens is 276 g/mol. The summed E-state index contributed by atoms with van der Waals surface area (Å²) < 4.78 is 6.90. The van der Waals surface area contributed by atoms with Crippen molar-refractivity contribution < 1.29 is 19.4 Å². The molecule has 3 N–H and O–H groups in total. The molecule has 1 aliphatic heterocycles. The Bertz CT molecular complexity index is 482. The lowest BCUT2D eigenvalue weighted by atomic mass is 10.1. The number of carbonyl (C=O) groups is 2. The molecule has 0 aliphatic carbocycles. The molecule has 2 heterocycles. The van der Waals surface area contributed by atoms with Crippen LogP contribution < -0.4 is 10.6 Å². The highest BCUT2D eigenvalue weighted by Gasteiger charge is 2.14. The second kappa shape index (κ2) is 7.75. The SMILES string of the molecule is O=C(O)Cn1cc(NC(=O)CCOC2CCNCC2)cn1. The predicted molar refractivity (Wildman–Crippen MR) is 75.0 cm³/mol. The molecule has 21 heavy (non-hydrogen) atoms. The Morgan fingerprint density at radius 1 is 1.48 bits per heavy atom. The fraction of sp³-hybridized carbons (Fsp3) is 0.615. The van der Waals surface area contributed by atoms with Crippen LogP contribution in [-0.2, 0) is 20.9 Å². The van der Waals surface area contributed by atoms with Crippen molar-refractivity contribution in [3.63, 3.8) is 0 Å². The topological polar surface area (TPSA) is 105 Å². The standard InChI is InChI=1S/C13H20N4O4/c18-12(3-6-21-11-1-4-14-5-2-11)16-10-7-15-17(8-10)9-13(19)20/h7-8,11,14H,1-6,9H2,(H,16,18)(H,19,20). The van der Waals surface area contributed by atoms with Crippen LogP contribution in [0.2, 0.25) is 0 Å². The number of carbonyl (C=O) groups excluding carboxylic acids is 1. The van der Waals surface area contributed by atoms with Crippen molar-refractivity contribution in [2.75, 3.05) is 25.0 Å². The van der Waals surface area contributed by atoms with Crippen LogP contribution in [0.5, 0.6) is 0 Å². The van der Waals surface area contributed by atoms with Crippen molar-refractivity contribution in [1.82, 2.24) is 15.1 Å². The fourth-order valence-corrected chi connectivity index (χ4v) is 2.16. The quantitative estimate of drug-likeness (QED) is 0.657. The zero-order chi connectivity index (χ0) is 15.1. The summed E-state index contributed by atoms with van der Waals surface area (Å²) in [6, 6.07) is 0. The summed E-state index contributed by atoms with van der Waals surface area (Å²) in [6.45, 7) is 2.08. The molecule has 116 valence electrons. The summed E-state index contributed by atoms with van der Waals surface area (Å²) >= 11 is 0. The summed E-state index contributed by atoms with van der Waals surface area (Å²) in [5.74, 6) is -1.15. The lowest BCUT2D eigenvalue weighted by molar-refractivity contribution is -0.137. The average molecular weight is 296 g/mol. The van der Waals surface area contributed by atoms with Crippen molar-refractivity contribution >= 4 is 17.6 Å². The second-order valence-corrected chi connectivity index (χ2v) is 4.94. The van der Waals surface area contributed by atoms with Gasteiger partial charge < -0.3 is 20.5 Å². The zero-order valence-corrected chi connectivity index (χ0v) is 11.7. The van der Waals surface area contributed by atoms with Gasteiger partial charge in [-0.3, -0.25) is 14.3 Å². The molecule has 1 saturated heterocycles. The minimum atomic E-state index is -0.980. The molecule has 2 rings (SSSR count). The van der Waals surface area contributed by atoms with Gasteiger partial charge in [0.2, 0.25) is 5.91 Å². The van der Waals surface area contributed by atoms with E-state index in [-0.39, 0.29) is 25.0 Å². The van der Waals surface area contributed by atoms with E-state index in [1.807, 2.05) is 0 Å². The molecule has 1 fully saturated rings. The number of aliphatic carboxylic acids is 1. The van der Waals surface area contributed by atoms with E-state index in [0.29, 0.717) is 12.3 Å². The molecule has 0 unspecified atom stereocenters. The monoisotopic (exact) mass is 296 g/mol. The van der Waals surface area contributed by atoms with Gasteiger partial charge in [-0.25, -0.2) is 0 Å². The number of amides is 1. The number of hydrogen-bond donors (Lipinski definition) is 3. The molecule has 1 aliphatic rings. The maximum absolute atomic E-state index is 11.7. The van der Waals surface area contributed by atoms with E-state index in [0.717, 1.165) is 25.9 Å². The van der Waals surface area contributed by atoms with Crippen LogP contribution in [-0.4, -0.2) is 52.6 Å².